The molecule has 3 aromatic rings. The Morgan fingerprint density at radius 3 is 2.95 bits per heavy atom. The molecule has 2 atom stereocenters. The third kappa shape index (κ3) is 2.96. The average Bonchev–Trinajstić information content (AvgIpc) is 3.15. The molecule has 0 unspecified atom stereocenters. The van der Waals surface area contributed by atoms with Crippen LogP contribution in [0.5, 0.6) is 5.75 Å². The van der Waals surface area contributed by atoms with E-state index in [9.17, 15) is 0 Å². The van der Waals surface area contributed by atoms with Crippen LogP contribution in [0.25, 0.3) is 11.0 Å². The standard InChI is InChI=1S/C16H20N4O2/c1-11(8-20-10-17-9-18-20)19-12(2)15-7-13-5-4-6-14(21-3)16(13)22-15/h4-7,9-12,19H,8H2,1-3H3/t11-,12-/m0/s1. The molecule has 0 amide bonds. The molecule has 0 radical (unpaired) electrons. The Balaban J connectivity index is 1.73. The van der Waals surface area contributed by atoms with Crippen molar-refractivity contribution in [2.75, 3.05) is 7.11 Å². The molecule has 22 heavy (non-hydrogen) atoms. The highest BCUT2D eigenvalue weighted by Crippen LogP contribution is 2.30. The van der Waals surface area contributed by atoms with E-state index in [-0.39, 0.29) is 12.1 Å². The predicted molar refractivity (Wildman–Crippen MR) is 83.8 cm³/mol. The van der Waals surface area contributed by atoms with Gasteiger partial charge in [-0.1, -0.05) is 12.1 Å². The first-order chi connectivity index (χ1) is 10.7. The van der Waals surface area contributed by atoms with Gasteiger partial charge in [0.2, 0.25) is 0 Å². The first kappa shape index (κ1) is 14.6. The van der Waals surface area contributed by atoms with Gasteiger partial charge in [0, 0.05) is 11.4 Å². The fraction of sp³-hybridized carbons (Fsp3) is 0.375. The molecule has 6 heteroatoms. The molecule has 0 aliphatic heterocycles. The number of hydrogen-bond donors (Lipinski definition) is 1. The molecular formula is C16H20N4O2. The number of para-hydroxylation sites is 1. The second-order valence-corrected chi connectivity index (χ2v) is 5.43. The minimum atomic E-state index is 0.0932. The lowest BCUT2D eigenvalue weighted by molar-refractivity contribution is 0.369. The SMILES string of the molecule is COc1cccc2cc([C@H](C)N[C@@H](C)Cn3cncn3)oc12. The van der Waals surface area contributed by atoms with Crippen molar-refractivity contribution in [3.8, 4) is 5.75 Å². The molecule has 0 saturated carbocycles. The first-order valence-corrected chi connectivity index (χ1v) is 7.32. The molecule has 2 aromatic heterocycles. The third-order valence-corrected chi connectivity index (χ3v) is 3.64. The van der Waals surface area contributed by atoms with Crippen LogP contribution in [-0.4, -0.2) is 27.9 Å². The molecule has 6 nitrogen and oxygen atoms in total. The van der Waals surface area contributed by atoms with E-state index in [2.05, 4.69) is 35.3 Å². The summed E-state index contributed by atoms with van der Waals surface area (Å²) in [5, 5.41) is 8.68. The van der Waals surface area contributed by atoms with Gasteiger partial charge >= 0.3 is 0 Å². The Morgan fingerprint density at radius 1 is 1.36 bits per heavy atom. The van der Waals surface area contributed by atoms with Crippen LogP contribution >= 0.6 is 0 Å². The van der Waals surface area contributed by atoms with E-state index in [0.29, 0.717) is 0 Å². The number of ether oxygens (including phenoxy) is 1. The van der Waals surface area contributed by atoms with Crippen molar-refractivity contribution in [2.24, 2.45) is 0 Å². The zero-order valence-corrected chi connectivity index (χ0v) is 13.0. The second kappa shape index (κ2) is 6.19. The van der Waals surface area contributed by atoms with Crippen LogP contribution in [0.3, 0.4) is 0 Å². The molecule has 0 bridgehead atoms. The quantitative estimate of drug-likeness (QED) is 0.758. The highest BCUT2D eigenvalue weighted by Gasteiger charge is 2.16. The van der Waals surface area contributed by atoms with Crippen LogP contribution in [0.2, 0.25) is 0 Å². The number of nitrogens with one attached hydrogen (secondary N) is 1. The monoisotopic (exact) mass is 300 g/mol. The lowest BCUT2D eigenvalue weighted by Gasteiger charge is -2.18. The van der Waals surface area contributed by atoms with Crippen LogP contribution in [0.4, 0.5) is 0 Å². The summed E-state index contributed by atoms with van der Waals surface area (Å²) in [7, 11) is 1.65. The second-order valence-electron chi connectivity index (χ2n) is 5.43. The Morgan fingerprint density at radius 2 is 2.23 bits per heavy atom. The molecule has 0 saturated heterocycles. The summed E-state index contributed by atoms with van der Waals surface area (Å²) in [5.74, 6) is 1.65. The minimum absolute atomic E-state index is 0.0932. The van der Waals surface area contributed by atoms with Crippen molar-refractivity contribution in [1.29, 1.82) is 0 Å². The molecular weight excluding hydrogens is 280 g/mol. The molecule has 0 fully saturated rings. The highest BCUT2D eigenvalue weighted by molar-refractivity contribution is 5.83. The summed E-state index contributed by atoms with van der Waals surface area (Å²) < 4.78 is 13.1. The number of nitrogens with zero attached hydrogens (tertiary/aromatic N) is 3. The van der Waals surface area contributed by atoms with Crippen LogP contribution in [0.15, 0.2) is 41.3 Å². The number of aromatic nitrogens is 3. The van der Waals surface area contributed by atoms with Crippen molar-refractivity contribution in [2.45, 2.75) is 32.5 Å². The smallest absolute Gasteiger partial charge is 0.176 e. The van der Waals surface area contributed by atoms with Gasteiger partial charge < -0.3 is 14.5 Å². The Bertz CT molecular complexity index is 736. The van der Waals surface area contributed by atoms with Crippen molar-refractivity contribution in [1.82, 2.24) is 20.1 Å². The summed E-state index contributed by atoms with van der Waals surface area (Å²) in [6.45, 7) is 4.96. The summed E-state index contributed by atoms with van der Waals surface area (Å²) in [6, 6.07) is 8.28. The maximum atomic E-state index is 5.97. The molecule has 3 rings (SSSR count). The van der Waals surface area contributed by atoms with E-state index in [1.807, 2.05) is 22.9 Å². The zero-order chi connectivity index (χ0) is 15.5. The Hall–Kier alpha value is -2.34. The van der Waals surface area contributed by atoms with Gasteiger partial charge in [0.25, 0.3) is 0 Å². The van der Waals surface area contributed by atoms with Gasteiger partial charge in [-0.15, -0.1) is 0 Å². The van der Waals surface area contributed by atoms with Crippen molar-refractivity contribution >= 4 is 11.0 Å². The van der Waals surface area contributed by atoms with E-state index in [0.717, 1.165) is 29.0 Å². The van der Waals surface area contributed by atoms with Gasteiger partial charge in [-0.3, -0.25) is 4.68 Å². The first-order valence-electron chi connectivity index (χ1n) is 7.32. The normalized spacial score (nSPS) is 14.1. The summed E-state index contributed by atoms with van der Waals surface area (Å²) in [6.07, 6.45) is 3.26. The van der Waals surface area contributed by atoms with Crippen molar-refractivity contribution in [3.05, 3.63) is 42.7 Å². The largest absolute Gasteiger partial charge is 0.493 e. The molecule has 116 valence electrons. The molecule has 0 spiro atoms. The van der Waals surface area contributed by atoms with Crippen molar-refractivity contribution < 1.29 is 9.15 Å². The summed E-state index contributed by atoms with van der Waals surface area (Å²) in [4.78, 5) is 3.95. The third-order valence-electron chi connectivity index (χ3n) is 3.64. The van der Waals surface area contributed by atoms with Crippen molar-refractivity contribution in [3.63, 3.8) is 0 Å². The van der Waals surface area contributed by atoms with Gasteiger partial charge in [-0.05, 0) is 26.0 Å². The lowest BCUT2D eigenvalue weighted by atomic mass is 10.2. The topological polar surface area (TPSA) is 65.1 Å². The van der Waals surface area contributed by atoms with E-state index >= 15 is 0 Å². The van der Waals surface area contributed by atoms with Gasteiger partial charge in [-0.25, -0.2) is 4.98 Å². The fourth-order valence-corrected chi connectivity index (χ4v) is 2.60. The number of fused-ring (bicyclic) bond motifs is 1. The minimum Gasteiger partial charge on any atom is -0.493 e. The Labute approximate surface area is 129 Å². The molecule has 0 aliphatic rings. The van der Waals surface area contributed by atoms with Crippen LogP contribution in [0.1, 0.15) is 25.6 Å². The Kier molecular flexibility index (Phi) is 4.11. The van der Waals surface area contributed by atoms with Crippen LogP contribution < -0.4 is 10.1 Å². The average molecular weight is 300 g/mol. The zero-order valence-electron chi connectivity index (χ0n) is 13.0. The van der Waals surface area contributed by atoms with E-state index in [1.54, 1.807) is 19.8 Å². The van der Waals surface area contributed by atoms with Crippen LogP contribution in [-0.2, 0) is 6.54 Å². The van der Waals surface area contributed by atoms with Gasteiger partial charge in [0.1, 0.15) is 18.4 Å². The van der Waals surface area contributed by atoms with E-state index in [1.165, 1.54) is 0 Å². The lowest BCUT2D eigenvalue weighted by Crippen LogP contribution is -2.32. The number of hydrogen-bond acceptors (Lipinski definition) is 5. The summed E-state index contributed by atoms with van der Waals surface area (Å²) >= 11 is 0. The molecule has 0 aliphatic carbocycles. The highest BCUT2D eigenvalue weighted by atomic mass is 16.5. The maximum absolute atomic E-state index is 5.97. The number of furan rings is 1. The maximum Gasteiger partial charge on any atom is 0.176 e. The van der Waals surface area contributed by atoms with E-state index < -0.39 is 0 Å². The summed E-state index contributed by atoms with van der Waals surface area (Å²) in [5.41, 5.74) is 0.789. The van der Waals surface area contributed by atoms with Gasteiger partial charge in [-0.2, -0.15) is 5.10 Å². The number of benzene rings is 1. The van der Waals surface area contributed by atoms with E-state index in [4.69, 9.17) is 9.15 Å². The molecule has 1 aromatic carbocycles. The van der Waals surface area contributed by atoms with Gasteiger partial charge in [0.15, 0.2) is 11.3 Å². The van der Waals surface area contributed by atoms with Crippen LogP contribution in [0, 0.1) is 0 Å². The fourth-order valence-electron chi connectivity index (χ4n) is 2.60. The molecule has 1 N–H and O–H groups in total. The number of rotatable bonds is 6. The van der Waals surface area contributed by atoms with Gasteiger partial charge in [0.05, 0.1) is 19.7 Å². The number of methoxy groups -OCH3 is 1. The predicted octanol–water partition coefficient (Wildman–Crippen LogP) is 2.77. The molecule has 2 heterocycles.